The van der Waals surface area contributed by atoms with Gasteiger partial charge in [-0.05, 0) is 168 Å². The van der Waals surface area contributed by atoms with E-state index < -0.39 is 0 Å². The van der Waals surface area contributed by atoms with Crippen molar-refractivity contribution in [1.82, 2.24) is 0 Å². The zero-order valence-electron chi connectivity index (χ0n) is 35.3. The maximum atomic E-state index is 2.55. The van der Waals surface area contributed by atoms with Gasteiger partial charge in [0.25, 0.3) is 0 Å². The van der Waals surface area contributed by atoms with Crippen LogP contribution in [0.3, 0.4) is 0 Å². The number of hydrogen-bond donors (Lipinski definition) is 0. The molecule has 0 N–H and O–H groups in total. The normalized spacial score (nSPS) is 13.8. The number of nitrogens with zero attached hydrogens (tertiary/aromatic N) is 1. The third-order valence-electron chi connectivity index (χ3n) is 14.0. The predicted octanol–water partition coefficient (Wildman–Crippen LogP) is 17.1. The molecule has 1 fully saturated rings. The molecular formula is C61H47N. The molecule has 2 aliphatic carbocycles. The first-order valence-corrected chi connectivity index (χ1v) is 22.3. The number of rotatable bonds is 6. The molecule has 0 bridgehead atoms. The Hall–Kier alpha value is -7.22. The van der Waals surface area contributed by atoms with Gasteiger partial charge in [-0.2, -0.15) is 0 Å². The van der Waals surface area contributed by atoms with Crippen molar-refractivity contribution in [2.24, 2.45) is 0 Å². The molecule has 0 unspecified atom stereocenters. The van der Waals surface area contributed by atoms with Gasteiger partial charge in [-0.15, -0.1) is 0 Å². The summed E-state index contributed by atoms with van der Waals surface area (Å²) in [6.45, 7) is 4.45. The summed E-state index contributed by atoms with van der Waals surface area (Å²) in [4.78, 5) is 2.53. The number of anilines is 3. The van der Waals surface area contributed by atoms with Crippen LogP contribution >= 0.6 is 0 Å². The lowest BCUT2D eigenvalue weighted by Gasteiger charge is -2.30. The summed E-state index contributed by atoms with van der Waals surface area (Å²) in [5.74, 6) is 0. The summed E-state index contributed by atoms with van der Waals surface area (Å²) in [7, 11) is 0. The minimum Gasteiger partial charge on any atom is -0.310 e. The van der Waals surface area contributed by atoms with Gasteiger partial charge in [0.2, 0.25) is 0 Å². The van der Waals surface area contributed by atoms with Crippen molar-refractivity contribution >= 4 is 49.4 Å². The molecule has 0 aromatic heterocycles. The first-order chi connectivity index (χ1) is 30.6. The number of benzene rings is 10. The van der Waals surface area contributed by atoms with Gasteiger partial charge in [-0.25, -0.2) is 0 Å². The highest BCUT2D eigenvalue weighted by Crippen LogP contribution is 2.58. The third kappa shape index (κ3) is 5.68. The molecule has 2 aliphatic rings. The molecule has 296 valence electrons. The molecule has 0 heterocycles. The summed E-state index contributed by atoms with van der Waals surface area (Å²) < 4.78 is 0. The minimum absolute atomic E-state index is 0.0788. The lowest BCUT2D eigenvalue weighted by atomic mass is 9.76. The van der Waals surface area contributed by atoms with Gasteiger partial charge in [0, 0.05) is 22.5 Å². The zero-order valence-corrected chi connectivity index (χ0v) is 35.3. The van der Waals surface area contributed by atoms with E-state index in [4.69, 9.17) is 0 Å². The fraction of sp³-hybridized carbons (Fsp3) is 0.115. The van der Waals surface area contributed by atoms with E-state index in [1.807, 2.05) is 0 Å². The second kappa shape index (κ2) is 14.5. The van der Waals surface area contributed by atoms with Crippen LogP contribution in [0.1, 0.15) is 47.9 Å². The van der Waals surface area contributed by atoms with Crippen LogP contribution in [0.25, 0.3) is 76.8 Å². The molecule has 62 heavy (non-hydrogen) atoms. The Balaban J connectivity index is 1.18. The van der Waals surface area contributed by atoms with Crippen molar-refractivity contribution < 1.29 is 0 Å². The predicted molar refractivity (Wildman–Crippen MR) is 264 cm³/mol. The second-order valence-electron chi connectivity index (χ2n) is 17.7. The van der Waals surface area contributed by atoms with Crippen molar-refractivity contribution in [2.75, 3.05) is 4.90 Å². The van der Waals surface area contributed by atoms with Crippen LogP contribution in [0.4, 0.5) is 17.1 Å². The van der Waals surface area contributed by atoms with Gasteiger partial charge in [0.05, 0.1) is 0 Å². The maximum Gasteiger partial charge on any atom is 0.0468 e. The van der Waals surface area contributed by atoms with E-state index in [0.717, 1.165) is 5.69 Å². The quantitative estimate of drug-likeness (QED) is 0.152. The monoisotopic (exact) mass is 793 g/mol. The summed E-state index contributed by atoms with van der Waals surface area (Å²) in [5, 5.41) is 7.60. The van der Waals surface area contributed by atoms with E-state index in [1.54, 1.807) is 0 Å². The van der Waals surface area contributed by atoms with Crippen LogP contribution in [-0.4, -0.2) is 0 Å². The Morgan fingerprint density at radius 1 is 0.355 bits per heavy atom. The van der Waals surface area contributed by atoms with Gasteiger partial charge < -0.3 is 4.90 Å². The molecule has 0 aliphatic heterocycles. The molecule has 1 saturated carbocycles. The van der Waals surface area contributed by atoms with Crippen LogP contribution in [-0.2, 0) is 5.41 Å². The van der Waals surface area contributed by atoms with Gasteiger partial charge in [0.1, 0.15) is 0 Å². The molecule has 0 atom stereocenters. The molecular weight excluding hydrogens is 747 g/mol. The van der Waals surface area contributed by atoms with Crippen molar-refractivity contribution in [2.45, 2.75) is 44.9 Å². The van der Waals surface area contributed by atoms with Crippen molar-refractivity contribution in [3.63, 3.8) is 0 Å². The van der Waals surface area contributed by atoms with Gasteiger partial charge in [-0.1, -0.05) is 171 Å². The number of hydrogen-bond acceptors (Lipinski definition) is 1. The standard InChI is InChI=1S/C61H47N/c1-40-34-41(2)36-47(35-40)62(46-28-30-50-49-25-14-15-27-56(49)61(57(50)38-46)32-16-17-33-61)45-29-31-52-55(37-45)48-24-12-13-26-51(48)59-54(43-20-8-4-9-21-43)39-53(42-18-6-3-7-19-42)58(60(52)59)44-22-10-5-11-23-44/h3-15,18-31,34-39H,16-17,32-33H2,1-2H3. The minimum atomic E-state index is 0.0788. The van der Waals surface area contributed by atoms with Crippen molar-refractivity contribution in [1.29, 1.82) is 0 Å². The van der Waals surface area contributed by atoms with Crippen molar-refractivity contribution in [3.05, 3.63) is 222 Å². The Kier molecular flexibility index (Phi) is 8.54. The van der Waals surface area contributed by atoms with E-state index in [2.05, 4.69) is 219 Å². The lowest BCUT2D eigenvalue weighted by molar-refractivity contribution is 0.550. The van der Waals surface area contributed by atoms with Gasteiger partial charge in [0.15, 0.2) is 0 Å². The highest BCUT2D eigenvalue weighted by molar-refractivity contribution is 6.33. The van der Waals surface area contributed by atoms with E-state index >= 15 is 0 Å². The fourth-order valence-corrected chi connectivity index (χ4v) is 11.5. The zero-order chi connectivity index (χ0) is 41.4. The van der Waals surface area contributed by atoms with E-state index in [-0.39, 0.29) is 5.41 Å². The first kappa shape index (κ1) is 36.6. The first-order valence-electron chi connectivity index (χ1n) is 22.3. The molecule has 1 spiro atoms. The van der Waals surface area contributed by atoms with Crippen LogP contribution in [0, 0.1) is 13.8 Å². The average Bonchev–Trinajstić information content (AvgIpc) is 3.92. The van der Waals surface area contributed by atoms with Gasteiger partial charge >= 0.3 is 0 Å². The largest absolute Gasteiger partial charge is 0.310 e. The molecule has 0 saturated heterocycles. The third-order valence-corrected chi connectivity index (χ3v) is 14.0. The highest BCUT2D eigenvalue weighted by atomic mass is 15.1. The summed E-state index contributed by atoms with van der Waals surface area (Å²) >= 11 is 0. The van der Waals surface area contributed by atoms with Crippen molar-refractivity contribution in [3.8, 4) is 44.5 Å². The Labute approximate surface area is 364 Å². The lowest BCUT2D eigenvalue weighted by Crippen LogP contribution is -2.21. The van der Waals surface area contributed by atoms with Gasteiger partial charge in [-0.3, -0.25) is 0 Å². The molecule has 12 rings (SSSR count). The number of fused-ring (bicyclic) bond motifs is 11. The Morgan fingerprint density at radius 3 is 1.61 bits per heavy atom. The smallest absolute Gasteiger partial charge is 0.0468 e. The summed E-state index contributed by atoms with van der Waals surface area (Å²) in [6.07, 6.45) is 4.96. The van der Waals surface area contributed by atoms with Crippen LogP contribution in [0.2, 0.25) is 0 Å². The molecule has 0 amide bonds. The van der Waals surface area contributed by atoms with Crippen LogP contribution < -0.4 is 4.90 Å². The molecule has 0 radical (unpaired) electrons. The summed E-state index contributed by atoms with van der Waals surface area (Å²) in [5.41, 5.74) is 19.4. The van der Waals surface area contributed by atoms with E-state index in [1.165, 1.54) is 136 Å². The second-order valence-corrected chi connectivity index (χ2v) is 17.7. The number of aryl methyl sites for hydroxylation is 2. The average molecular weight is 794 g/mol. The summed E-state index contributed by atoms with van der Waals surface area (Å²) in [6, 6.07) is 75.3. The van der Waals surface area contributed by atoms with Crippen LogP contribution in [0.5, 0.6) is 0 Å². The fourth-order valence-electron chi connectivity index (χ4n) is 11.5. The van der Waals surface area contributed by atoms with E-state index in [0.29, 0.717) is 0 Å². The molecule has 1 nitrogen and oxygen atoms in total. The molecule has 10 aromatic carbocycles. The Morgan fingerprint density at radius 2 is 0.903 bits per heavy atom. The van der Waals surface area contributed by atoms with Crippen LogP contribution in [0.15, 0.2) is 200 Å². The highest BCUT2D eigenvalue weighted by Gasteiger charge is 2.45. The van der Waals surface area contributed by atoms with E-state index in [9.17, 15) is 0 Å². The molecule has 1 heteroatoms. The molecule has 10 aromatic rings. The topological polar surface area (TPSA) is 3.24 Å². The maximum absolute atomic E-state index is 2.55. The Bertz CT molecular complexity index is 3340. The SMILES string of the molecule is Cc1cc(C)cc(N(c2ccc3c(c2)C2(CCCC2)c2ccccc2-3)c2ccc3c(c2)c2ccccc2c2c(-c4ccccc4)cc(-c4ccccc4)c(-c4ccccc4)c32)c1.